The molecule has 0 spiro atoms. The van der Waals surface area contributed by atoms with Crippen LogP contribution in [0.1, 0.15) is 56.4 Å². The van der Waals surface area contributed by atoms with Crippen LogP contribution in [-0.4, -0.2) is 65.2 Å². The van der Waals surface area contributed by atoms with Crippen LogP contribution in [0, 0.1) is 0 Å². The van der Waals surface area contributed by atoms with Crippen molar-refractivity contribution in [3.8, 4) is 0 Å². The molecule has 1 aliphatic rings. The predicted octanol–water partition coefficient (Wildman–Crippen LogP) is 3.17. The van der Waals surface area contributed by atoms with Gasteiger partial charge in [0.15, 0.2) is 5.69 Å². The number of nitrogens with zero attached hydrogens (tertiary/aromatic N) is 5. The lowest BCUT2D eigenvalue weighted by Crippen LogP contribution is -2.28. The second-order valence-electron chi connectivity index (χ2n) is 6.32. The number of hydrogen-bond acceptors (Lipinski definition) is 6. The number of imidazole rings is 1. The molecular weight excluding hydrogens is 320 g/mol. The number of carbonyl (C=O) groups excluding carboxylic acids is 1. The Balaban J connectivity index is 1.88. The summed E-state index contributed by atoms with van der Waals surface area (Å²) >= 11 is 0. The first-order chi connectivity index (χ1) is 12.2. The molecule has 1 aromatic rings. The summed E-state index contributed by atoms with van der Waals surface area (Å²) < 4.78 is 5.32. The lowest BCUT2D eigenvalue weighted by Gasteiger charge is -2.27. The number of aromatic amines is 1. The van der Waals surface area contributed by atoms with Crippen molar-refractivity contribution < 1.29 is 9.53 Å². The molecule has 140 valence electrons. The minimum Gasteiger partial charge on any atom is -0.460 e. The van der Waals surface area contributed by atoms with Crippen LogP contribution in [0.15, 0.2) is 16.7 Å². The van der Waals surface area contributed by atoms with Crippen molar-refractivity contribution in [1.29, 1.82) is 0 Å². The SMILES string of the molecule is CCN(CC)CCOC(=O)c1[nH]cnc1N=NN(C)C1CCCCC1. The molecule has 0 radical (unpaired) electrons. The molecule has 0 bridgehead atoms. The van der Waals surface area contributed by atoms with E-state index >= 15 is 0 Å². The van der Waals surface area contributed by atoms with E-state index in [1.165, 1.54) is 25.6 Å². The number of carbonyl (C=O) groups is 1. The van der Waals surface area contributed by atoms with E-state index in [1.807, 2.05) is 12.1 Å². The van der Waals surface area contributed by atoms with Crippen LogP contribution in [0.2, 0.25) is 0 Å². The van der Waals surface area contributed by atoms with Crippen LogP contribution in [0.25, 0.3) is 0 Å². The zero-order valence-corrected chi connectivity index (χ0v) is 15.6. The largest absolute Gasteiger partial charge is 0.460 e. The molecule has 1 fully saturated rings. The van der Waals surface area contributed by atoms with Gasteiger partial charge in [0.25, 0.3) is 0 Å². The van der Waals surface area contributed by atoms with Gasteiger partial charge in [0.05, 0.1) is 6.33 Å². The molecule has 0 atom stereocenters. The standard InChI is InChI=1S/C17H30N6O2/c1-4-23(5-2)11-12-25-17(24)15-16(19-13-18-15)20-21-22(3)14-9-7-6-8-10-14/h13-14H,4-12H2,1-3H3,(H,18,19). The quantitative estimate of drug-likeness (QED) is 0.420. The normalized spacial score (nSPS) is 15.8. The summed E-state index contributed by atoms with van der Waals surface area (Å²) in [5, 5.41) is 10.2. The molecule has 0 aliphatic heterocycles. The van der Waals surface area contributed by atoms with Crippen molar-refractivity contribution in [3.05, 3.63) is 12.0 Å². The molecule has 0 unspecified atom stereocenters. The molecule has 1 aliphatic carbocycles. The van der Waals surface area contributed by atoms with Gasteiger partial charge in [0.2, 0.25) is 5.82 Å². The summed E-state index contributed by atoms with van der Waals surface area (Å²) in [6, 6.07) is 0.418. The molecule has 25 heavy (non-hydrogen) atoms. The maximum Gasteiger partial charge on any atom is 0.358 e. The molecule has 2 rings (SSSR count). The first-order valence-electron chi connectivity index (χ1n) is 9.23. The van der Waals surface area contributed by atoms with Crippen LogP contribution in [0.3, 0.4) is 0 Å². The molecule has 1 N–H and O–H groups in total. The number of H-pyrrole nitrogens is 1. The van der Waals surface area contributed by atoms with Gasteiger partial charge in [-0.2, -0.15) is 0 Å². The maximum absolute atomic E-state index is 12.2. The van der Waals surface area contributed by atoms with Crippen LogP contribution >= 0.6 is 0 Å². The Morgan fingerprint density at radius 1 is 1.32 bits per heavy atom. The zero-order chi connectivity index (χ0) is 18.1. The van der Waals surface area contributed by atoms with Crippen molar-refractivity contribution in [1.82, 2.24) is 19.9 Å². The molecular formula is C17H30N6O2. The van der Waals surface area contributed by atoms with Gasteiger partial charge in [-0.3, -0.25) is 5.01 Å². The number of aromatic nitrogens is 2. The number of esters is 1. The van der Waals surface area contributed by atoms with E-state index in [2.05, 4.69) is 39.1 Å². The highest BCUT2D eigenvalue weighted by Gasteiger charge is 2.19. The molecule has 1 saturated carbocycles. The smallest absolute Gasteiger partial charge is 0.358 e. The highest BCUT2D eigenvalue weighted by atomic mass is 16.5. The molecule has 0 saturated heterocycles. The Kier molecular flexibility index (Phi) is 7.84. The van der Waals surface area contributed by atoms with E-state index in [0.717, 1.165) is 25.9 Å². The Bertz CT molecular complexity index is 549. The van der Waals surface area contributed by atoms with Crippen molar-refractivity contribution in [2.45, 2.75) is 52.0 Å². The zero-order valence-electron chi connectivity index (χ0n) is 15.6. The molecule has 1 aromatic heterocycles. The maximum atomic E-state index is 12.2. The average Bonchev–Trinajstić information content (AvgIpc) is 3.12. The Hall–Kier alpha value is -1.96. The lowest BCUT2D eigenvalue weighted by molar-refractivity contribution is 0.0461. The fourth-order valence-corrected chi connectivity index (χ4v) is 3.03. The van der Waals surface area contributed by atoms with Crippen LogP contribution in [0.5, 0.6) is 0 Å². The minimum atomic E-state index is -0.445. The summed E-state index contributed by atoms with van der Waals surface area (Å²) in [7, 11) is 1.92. The van der Waals surface area contributed by atoms with Crippen LogP contribution < -0.4 is 0 Å². The fourth-order valence-electron chi connectivity index (χ4n) is 3.03. The van der Waals surface area contributed by atoms with E-state index in [4.69, 9.17) is 4.74 Å². The van der Waals surface area contributed by atoms with Gasteiger partial charge in [-0.1, -0.05) is 38.3 Å². The monoisotopic (exact) mass is 350 g/mol. The number of rotatable bonds is 9. The lowest BCUT2D eigenvalue weighted by atomic mass is 9.95. The van der Waals surface area contributed by atoms with Crippen LogP contribution in [-0.2, 0) is 4.74 Å². The van der Waals surface area contributed by atoms with Gasteiger partial charge < -0.3 is 14.6 Å². The molecule has 8 heteroatoms. The summed E-state index contributed by atoms with van der Waals surface area (Å²) in [5.74, 6) is -0.172. The number of hydrogen-bond donors (Lipinski definition) is 1. The van der Waals surface area contributed by atoms with Crippen molar-refractivity contribution in [2.24, 2.45) is 10.3 Å². The third-order valence-electron chi connectivity index (χ3n) is 4.74. The Labute approximate surface area is 149 Å². The first-order valence-corrected chi connectivity index (χ1v) is 9.23. The third kappa shape index (κ3) is 5.81. The second kappa shape index (κ2) is 10.1. The van der Waals surface area contributed by atoms with Gasteiger partial charge in [0.1, 0.15) is 6.61 Å². The molecule has 1 heterocycles. The first kappa shape index (κ1) is 19.4. The summed E-state index contributed by atoms with van der Waals surface area (Å²) in [5.41, 5.74) is 0.250. The number of ether oxygens (including phenoxy) is 1. The number of nitrogens with one attached hydrogen (secondary N) is 1. The highest BCUT2D eigenvalue weighted by molar-refractivity contribution is 5.91. The second-order valence-corrected chi connectivity index (χ2v) is 6.32. The minimum absolute atomic E-state index is 0.250. The van der Waals surface area contributed by atoms with Crippen molar-refractivity contribution >= 4 is 11.8 Å². The van der Waals surface area contributed by atoms with Gasteiger partial charge in [-0.15, -0.1) is 5.11 Å². The number of likely N-dealkylation sites (N-methyl/N-ethyl adjacent to an activating group) is 1. The summed E-state index contributed by atoms with van der Waals surface area (Å²) in [6.07, 6.45) is 7.47. The third-order valence-corrected chi connectivity index (χ3v) is 4.74. The predicted molar refractivity (Wildman–Crippen MR) is 95.8 cm³/mol. The average molecular weight is 350 g/mol. The van der Waals surface area contributed by atoms with E-state index < -0.39 is 5.97 Å². The molecule has 0 aromatic carbocycles. The van der Waals surface area contributed by atoms with Gasteiger partial charge in [-0.25, -0.2) is 9.78 Å². The van der Waals surface area contributed by atoms with Gasteiger partial charge in [0, 0.05) is 19.6 Å². The van der Waals surface area contributed by atoms with Crippen molar-refractivity contribution in [3.63, 3.8) is 0 Å². The van der Waals surface area contributed by atoms with Gasteiger partial charge in [-0.05, 0) is 25.9 Å². The molecule has 8 nitrogen and oxygen atoms in total. The van der Waals surface area contributed by atoms with Gasteiger partial charge >= 0.3 is 5.97 Å². The topological polar surface area (TPSA) is 86.2 Å². The van der Waals surface area contributed by atoms with E-state index in [0.29, 0.717) is 19.2 Å². The summed E-state index contributed by atoms with van der Waals surface area (Å²) in [4.78, 5) is 21.3. The Morgan fingerprint density at radius 2 is 2.04 bits per heavy atom. The van der Waals surface area contributed by atoms with E-state index in [-0.39, 0.29) is 11.5 Å². The van der Waals surface area contributed by atoms with E-state index in [9.17, 15) is 4.79 Å². The Morgan fingerprint density at radius 3 is 2.72 bits per heavy atom. The van der Waals surface area contributed by atoms with Crippen LogP contribution in [0.4, 0.5) is 5.82 Å². The van der Waals surface area contributed by atoms with E-state index in [1.54, 1.807) is 0 Å². The fraction of sp³-hybridized carbons (Fsp3) is 0.765. The highest BCUT2D eigenvalue weighted by Crippen LogP contribution is 2.23. The van der Waals surface area contributed by atoms with Crippen molar-refractivity contribution in [2.75, 3.05) is 33.3 Å². The summed E-state index contributed by atoms with van der Waals surface area (Å²) in [6.45, 7) is 7.10. The molecule has 0 amide bonds.